The van der Waals surface area contributed by atoms with Crippen LogP contribution in [0.1, 0.15) is 35.8 Å². The maximum Gasteiger partial charge on any atom is 0.316 e. The van der Waals surface area contributed by atoms with Crippen molar-refractivity contribution in [2.24, 2.45) is 0 Å². The summed E-state index contributed by atoms with van der Waals surface area (Å²) in [7, 11) is 0. The number of carbonyl (C=O) groups excluding carboxylic acids is 1. The van der Waals surface area contributed by atoms with Gasteiger partial charge in [-0.3, -0.25) is 9.89 Å². The van der Waals surface area contributed by atoms with Gasteiger partial charge in [0.15, 0.2) is 11.5 Å². The van der Waals surface area contributed by atoms with Crippen LogP contribution in [0.2, 0.25) is 0 Å². The summed E-state index contributed by atoms with van der Waals surface area (Å²) in [5.74, 6) is 0.522. The molecule has 0 saturated carbocycles. The molecule has 8 heteroatoms. The SMILES string of the molecule is CCc1cnc(OC2CCCN(C(=O)c3cc(-c4ccco4)[nH]n3)C2)nc1. The van der Waals surface area contributed by atoms with E-state index in [2.05, 4.69) is 27.1 Å². The van der Waals surface area contributed by atoms with Gasteiger partial charge in [-0.1, -0.05) is 6.92 Å². The topological polar surface area (TPSA) is 97.1 Å². The first-order valence-electron chi connectivity index (χ1n) is 9.09. The summed E-state index contributed by atoms with van der Waals surface area (Å²) in [6, 6.07) is 5.67. The second-order valence-corrected chi connectivity index (χ2v) is 6.50. The Balaban J connectivity index is 1.40. The summed E-state index contributed by atoms with van der Waals surface area (Å²) in [6.07, 6.45) is 7.61. The molecule has 1 saturated heterocycles. The average Bonchev–Trinajstić information content (AvgIpc) is 3.40. The normalized spacial score (nSPS) is 17.1. The fraction of sp³-hybridized carbons (Fsp3) is 0.368. The maximum atomic E-state index is 12.8. The van der Waals surface area contributed by atoms with Crippen LogP contribution >= 0.6 is 0 Å². The highest BCUT2D eigenvalue weighted by Crippen LogP contribution is 2.21. The lowest BCUT2D eigenvalue weighted by molar-refractivity contribution is 0.0510. The summed E-state index contributed by atoms with van der Waals surface area (Å²) in [4.78, 5) is 23.0. The van der Waals surface area contributed by atoms with Crippen molar-refractivity contribution in [1.82, 2.24) is 25.1 Å². The molecule has 1 unspecified atom stereocenters. The number of H-pyrrole nitrogens is 1. The van der Waals surface area contributed by atoms with Gasteiger partial charge in [-0.25, -0.2) is 9.97 Å². The molecular weight excluding hydrogens is 346 g/mol. The molecule has 1 atom stereocenters. The first-order chi connectivity index (χ1) is 13.2. The van der Waals surface area contributed by atoms with E-state index >= 15 is 0 Å². The Bertz CT molecular complexity index is 888. The summed E-state index contributed by atoms with van der Waals surface area (Å²) >= 11 is 0. The van der Waals surface area contributed by atoms with Crippen LogP contribution in [0.4, 0.5) is 0 Å². The van der Waals surface area contributed by atoms with Gasteiger partial charge in [-0.15, -0.1) is 0 Å². The van der Waals surface area contributed by atoms with Gasteiger partial charge in [0.2, 0.25) is 0 Å². The second-order valence-electron chi connectivity index (χ2n) is 6.50. The van der Waals surface area contributed by atoms with Crippen LogP contribution < -0.4 is 4.74 Å². The van der Waals surface area contributed by atoms with Gasteiger partial charge < -0.3 is 14.1 Å². The van der Waals surface area contributed by atoms with Crippen LogP contribution in [0.5, 0.6) is 6.01 Å². The van der Waals surface area contributed by atoms with E-state index in [0.29, 0.717) is 36.2 Å². The molecule has 27 heavy (non-hydrogen) atoms. The molecule has 4 rings (SSSR count). The number of hydrogen-bond donors (Lipinski definition) is 1. The van der Waals surface area contributed by atoms with E-state index in [4.69, 9.17) is 9.15 Å². The van der Waals surface area contributed by atoms with Crippen molar-refractivity contribution in [3.05, 3.63) is 48.1 Å². The first kappa shape index (κ1) is 17.3. The highest BCUT2D eigenvalue weighted by atomic mass is 16.5. The average molecular weight is 367 g/mol. The number of amides is 1. The predicted octanol–water partition coefficient (Wildman–Crippen LogP) is 2.71. The lowest BCUT2D eigenvalue weighted by Gasteiger charge is -2.31. The number of aromatic amines is 1. The summed E-state index contributed by atoms with van der Waals surface area (Å²) in [5, 5.41) is 6.98. The lowest BCUT2D eigenvalue weighted by Crippen LogP contribution is -2.44. The highest BCUT2D eigenvalue weighted by Gasteiger charge is 2.27. The molecule has 1 fully saturated rings. The zero-order valence-electron chi connectivity index (χ0n) is 15.1. The fourth-order valence-electron chi connectivity index (χ4n) is 3.11. The van der Waals surface area contributed by atoms with Crippen LogP contribution in [0, 0.1) is 0 Å². The van der Waals surface area contributed by atoms with E-state index in [1.165, 1.54) is 0 Å². The Hall–Kier alpha value is -3.16. The van der Waals surface area contributed by atoms with Crippen molar-refractivity contribution in [1.29, 1.82) is 0 Å². The van der Waals surface area contributed by atoms with Crippen molar-refractivity contribution < 1.29 is 13.9 Å². The number of nitrogens with zero attached hydrogens (tertiary/aromatic N) is 4. The van der Waals surface area contributed by atoms with Gasteiger partial charge in [0.25, 0.3) is 5.91 Å². The van der Waals surface area contributed by atoms with E-state index in [-0.39, 0.29) is 12.0 Å². The Kier molecular flexibility index (Phi) is 4.86. The highest BCUT2D eigenvalue weighted by molar-refractivity contribution is 5.93. The molecule has 1 N–H and O–H groups in total. The van der Waals surface area contributed by atoms with Crippen molar-refractivity contribution in [2.45, 2.75) is 32.3 Å². The van der Waals surface area contributed by atoms with Gasteiger partial charge >= 0.3 is 6.01 Å². The standard InChI is InChI=1S/C19H21N5O3/c1-2-13-10-20-19(21-11-13)27-14-5-3-7-24(12-14)18(25)16-9-15(22-23-16)17-6-4-8-26-17/h4,6,8-11,14H,2-3,5,7,12H2,1H3,(H,22,23). The minimum Gasteiger partial charge on any atom is -0.463 e. The molecule has 0 radical (unpaired) electrons. The molecule has 0 aliphatic carbocycles. The molecule has 140 valence electrons. The third kappa shape index (κ3) is 3.84. The van der Waals surface area contributed by atoms with Crippen LogP contribution in [-0.2, 0) is 6.42 Å². The zero-order chi connectivity index (χ0) is 18.6. The largest absolute Gasteiger partial charge is 0.463 e. The molecule has 0 spiro atoms. The Morgan fingerprint density at radius 3 is 3.00 bits per heavy atom. The summed E-state index contributed by atoms with van der Waals surface area (Å²) in [6.45, 7) is 3.22. The number of furan rings is 1. The van der Waals surface area contributed by atoms with Gasteiger partial charge in [0, 0.05) is 25.0 Å². The van der Waals surface area contributed by atoms with Gasteiger partial charge in [-0.2, -0.15) is 5.10 Å². The molecule has 4 heterocycles. The third-order valence-electron chi connectivity index (χ3n) is 4.61. The number of nitrogens with one attached hydrogen (secondary N) is 1. The summed E-state index contributed by atoms with van der Waals surface area (Å²) in [5.41, 5.74) is 2.11. The maximum absolute atomic E-state index is 12.8. The second kappa shape index (κ2) is 7.61. The van der Waals surface area contributed by atoms with Gasteiger partial charge in [0.1, 0.15) is 11.8 Å². The summed E-state index contributed by atoms with van der Waals surface area (Å²) < 4.78 is 11.2. The van der Waals surface area contributed by atoms with Crippen molar-refractivity contribution in [2.75, 3.05) is 13.1 Å². The molecule has 1 aliphatic rings. The van der Waals surface area contributed by atoms with E-state index in [9.17, 15) is 4.79 Å². The smallest absolute Gasteiger partial charge is 0.316 e. The fourth-order valence-corrected chi connectivity index (χ4v) is 3.11. The number of rotatable bonds is 5. The van der Waals surface area contributed by atoms with Crippen molar-refractivity contribution in [3.8, 4) is 17.5 Å². The Morgan fingerprint density at radius 1 is 1.41 bits per heavy atom. The van der Waals surface area contributed by atoms with Gasteiger partial charge in [0.05, 0.1) is 12.8 Å². The van der Waals surface area contributed by atoms with E-state index < -0.39 is 0 Å². The number of likely N-dealkylation sites (tertiary alicyclic amines) is 1. The number of aromatic nitrogens is 4. The van der Waals surface area contributed by atoms with Crippen molar-refractivity contribution >= 4 is 5.91 Å². The molecular formula is C19H21N5O3. The number of hydrogen-bond acceptors (Lipinski definition) is 6. The van der Waals surface area contributed by atoms with E-state index in [1.54, 1.807) is 35.7 Å². The van der Waals surface area contributed by atoms with E-state index in [0.717, 1.165) is 24.8 Å². The Morgan fingerprint density at radius 2 is 2.26 bits per heavy atom. The van der Waals surface area contributed by atoms with Crippen LogP contribution in [0.3, 0.4) is 0 Å². The molecule has 1 aliphatic heterocycles. The molecule has 3 aromatic rings. The van der Waals surface area contributed by atoms with Crippen LogP contribution in [-0.4, -0.2) is 50.2 Å². The lowest BCUT2D eigenvalue weighted by atomic mass is 10.1. The first-order valence-corrected chi connectivity index (χ1v) is 9.09. The quantitative estimate of drug-likeness (QED) is 0.745. The number of piperidine rings is 1. The zero-order valence-corrected chi connectivity index (χ0v) is 15.1. The van der Waals surface area contributed by atoms with Crippen LogP contribution in [0.25, 0.3) is 11.5 Å². The molecule has 8 nitrogen and oxygen atoms in total. The van der Waals surface area contributed by atoms with Crippen LogP contribution in [0.15, 0.2) is 41.3 Å². The third-order valence-corrected chi connectivity index (χ3v) is 4.61. The van der Waals surface area contributed by atoms with Gasteiger partial charge in [-0.05, 0) is 37.0 Å². The molecule has 3 aromatic heterocycles. The molecule has 0 aromatic carbocycles. The number of aryl methyl sites for hydroxylation is 1. The number of carbonyl (C=O) groups is 1. The molecule has 1 amide bonds. The minimum atomic E-state index is -0.126. The monoisotopic (exact) mass is 367 g/mol. The van der Waals surface area contributed by atoms with E-state index in [1.807, 2.05) is 6.07 Å². The Labute approximate surface area is 156 Å². The number of ether oxygens (including phenoxy) is 1. The molecule has 0 bridgehead atoms. The minimum absolute atomic E-state index is 0.125. The van der Waals surface area contributed by atoms with Crippen molar-refractivity contribution in [3.63, 3.8) is 0 Å². The predicted molar refractivity (Wildman–Crippen MR) is 97.3 cm³/mol.